The van der Waals surface area contributed by atoms with Crippen LogP contribution in [0.2, 0.25) is 0 Å². The van der Waals surface area contributed by atoms with Gasteiger partial charge in [-0.1, -0.05) is 20.8 Å². The van der Waals surface area contributed by atoms with E-state index in [2.05, 4.69) is 25.7 Å². The quantitative estimate of drug-likeness (QED) is 0.825. The van der Waals surface area contributed by atoms with Crippen molar-refractivity contribution >= 4 is 0 Å². The van der Waals surface area contributed by atoms with Crippen LogP contribution in [0.4, 0.5) is 0 Å². The molecular weight excluding hydrogens is 214 g/mol. The Kier molecular flexibility index (Phi) is 5.29. The minimum absolute atomic E-state index is 0.341. The number of rotatable bonds is 6. The molecule has 1 aromatic rings. The van der Waals surface area contributed by atoms with E-state index < -0.39 is 0 Å². The number of phenols is 1. The lowest BCUT2D eigenvalue weighted by atomic mass is 10.1. The van der Waals surface area contributed by atoms with Gasteiger partial charge in [0.1, 0.15) is 11.5 Å². The Labute approximate surface area is 104 Å². The molecule has 0 fully saturated rings. The molecule has 0 bridgehead atoms. The molecule has 0 aliphatic carbocycles. The summed E-state index contributed by atoms with van der Waals surface area (Å²) in [6, 6.07) is 5.37. The summed E-state index contributed by atoms with van der Waals surface area (Å²) in [6.07, 6.45) is 0. The molecule has 0 radical (unpaired) electrons. The Bertz CT molecular complexity index is 350. The monoisotopic (exact) mass is 237 g/mol. The van der Waals surface area contributed by atoms with E-state index in [0.29, 0.717) is 11.7 Å². The molecule has 1 N–H and O–H groups in total. The molecule has 3 heteroatoms. The first-order chi connectivity index (χ1) is 8.06. The van der Waals surface area contributed by atoms with Crippen LogP contribution in [0.15, 0.2) is 18.2 Å². The van der Waals surface area contributed by atoms with Gasteiger partial charge in [0.15, 0.2) is 0 Å². The summed E-state index contributed by atoms with van der Waals surface area (Å²) < 4.78 is 5.18. The van der Waals surface area contributed by atoms with Crippen LogP contribution in [0.5, 0.6) is 11.5 Å². The minimum Gasteiger partial charge on any atom is -0.508 e. The van der Waals surface area contributed by atoms with Gasteiger partial charge in [-0.15, -0.1) is 0 Å². The molecule has 1 aromatic carbocycles. The van der Waals surface area contributed by atoms with Gasteiger partial charge in [0.05, 0.1) is 7.11 Å². The van der Waals surface area contributed by atoms with Crippen molar-refractivity contribution in [3.8, 4) is 11.5 Å². The van der Waals surface area contributed by atoms with Gasteiger partial charge < -0.3 is 9.84 Å². The lowest BCUT2D eigenvalue weighted by Crippen LogP contribution is -2.27. The number of aromatic hydroxyl groups is 1. The van der Waals surface area contributed by atoms with Crippen molar-refractivity contribution in [2.24, 2.45) is 5.92 Å². The molecule has 0 spiro atoms. The van der Waals surface area contributed by atoms with Gasteiger partial charge in [0.25, 0.3) is 0 Å². The molecule has 1 rings (SSSR count). The highest BCUT2D eigenvalue weighted by Gasteiger charge is 2.10. The largest absolute Gasteiger partial charge is 0.508 e. The van der Waals surface area contributed by atoms with Crippen LogP contribution in [-0.4, -0.2) is 30.2 Å². The Balaban J connectivity index is 2.77. The molecule has 0 aromatic heterocycles. The Morgan fingerprint density at radius 1 is 1.35 bits per heavy atom. The first-order valence-corrected chi connectivity index (χ1v) is 6.15. The molecule has 96 valence electrons. The highest BCUT2D eigenvalue weighted by molar-refractivity contribution is 5.39. The SMILES string of the molecule is CCN(Cc1cc(OC)ccc1O)CC(C)C. The second-order valence-electron chi connectivity index (χ2n) is 4.72. The molecular formula is C14H23NO2. The van der Waals surface area contributed by atoms with E-state index in [1.807, 2.05) is 6.07 Å². The van der Waals surface area contributed by atoms with Crippen molar-refractivity contribution in [1.29, 1.82) is 0 Å². The molecule has 0 heterocycles. The zero-order chi connectivity index (χ0) is 12.8. The zero-order valence-corrected chi connectivity index (χ0v) is 11.2. The number of methoxy groups -OCH3 is 1. The topological polar surface area (TPSA) is 32.7 Å². The van der Waals surface area contributed by atoms with E-state index in [1.165, 1.54) is 0 Å². The van der Waals surface area contributed by atoms with Gasteiger partial charge in [-0.2, -0.15) is 0 Å². The van der Waals surface area contributed by atoms with E-state index in [0.717, 1.165) is 30.9 Å². The summed E-state index contributed by atoms with van der Waals surface area (Å²) in [5.74, 6) is 1.76. The van der Waals surface area contributed by atoms with Crippen molar-refractivity contribution in [2.75, 3.05) is 20.2 Å². The molecule has 0 amide bonds. The van der Waals surface area contributed by atoms with Crippen LogP contribution < -0.4 is 4.74 Å². The fraction of sp³-hybridized carbons (Fsp3) is 0.571. The summed E-state index contributed by atoms with van der Waals surface area (Å²) in [6.45, 7) is 9.32. The molecule has 17 heavy (non-hydrogen) atoms. The van der Waals surface area contributed by atoms with Crippen molar-refractivity contribution in [3.05, 3.63) is 23.8 Å². The molecule has 0 atom stereocenters. The average Bonchev–Trinajstić information content (AvgIpc) is 2.30. The van der Waals surface area contributed by atoms with Crippen molar-refractivity contribution in [2.45, 2.75) is 27.3 Å². The third kappa shape index (κ3) is 4.27. The minimum atomic E-state index is 0.341. The lowest BCUT2D eigenvalue weighted by Gasteiger charge is -2.23. The zero-order valence-electron chi connectivity index (χ0n) is 11.2. The van der Waals surface area contributed by atoms with E-state index in [1.54, 1.807) is 19.2 Å². The second kappa shape index (κ2) is 6.50. The Hall–Kier alpha value is -1.22. The molecule has 0 aliphatic heterocycles. The van der Waals surface area contributed by atoms with E-state index in [9.17, 15) is 5.11 Å². The number of hydrogen-bond donors (Lipinski definition) is 1. The smallest absolute Gasteiger partial charge is 0.120 e. The maximum Gasteiger partial charge on any atom is 0.120 e. The maximum absolute atomic E-state index is 9.83. The highest BCUT2D eigenvalue weighted by atomic mass is 16.5. The fourth-order valence-corrected chi connectivity index (χ4v) is 1.88. The first-order valence-electron chi connectivity index (χ1n) is 6.15. The van der Waals surface area contributed by atoms with Gasteiger partial charge >= 0.3 is 0 Å². The van der Waals surface area contributed by atoms with Crippen LogP contribution in [-0.2, 0) is 6.54 Å². The average molecular weight is 237 g/mol. The molecule has 0 saturated carbocycles. The predicted molar refractivity (Wildman–Crippen MR) is 70.4 cm³/mol. The van der Waals surface area contributed by atoms with Crippen LogP contribution in [0.3, 0.4) is 0 Å². The summed E-state index contributed by atoms with van der Waals surface area (Å²) in [7, 11) is 1.64. The number of ether oxygens (including phenoxy) is 1. The molecule has 0 saturated heterocycles. The molecule has 3 nitrogen and oxygen atoms in total. The highest BCUT2D eigenvalue weighted by Crippen LogP contribution is 2.24. The summed E-state index contributed by atoms with van der Waals surface area (Å²) in [5.41, 5.74) is 0.923. The fourth-order valence-electron chi connectivity index (χ4n) is 1.88. The maximum atomic E-state index is 9.83. The summed E-state index contributed by atoms with van der Waals surface area (Å²) in [4.78, 5) is 2.32. The van der Waals surface area contributed by atoms with Gasteiger partial charge in [-0.25, -0.2) is 0 Å². The third-order valence-corrected chi connectivity index (χ3v) is 2.75. The second-order valence-corrected chi connectivity index (χ2v) is 4.72. The van der Waals surface area contributed by atoms with Gasteiger partial charge in [-0.3, -0.25) is 4.90 Å². The van der Waals surface area contributed by atoms with Crippen LogP contribution in [0, 0.1) is 5.92 Å². The van der Waals surface area contributed by atoms with Gasteiger partial charge in [-0.05, 0) is 30.7 Å². The third-order valence-electron chi connectivity index (χ3n) is 2.75. The van der Waals surface area contributed by atoms with Crippen LogP contribution >= 0.6 is 0 Å². The molecule has 0 aliphatic rings. The Morgan fingerprint density at radius 2 is 2.06 bits per heavy atom. The Morgan fingerprint density at radius 3 is 2.59 bits per heavy atom. The number of benzene rings is 1. The van der Waals surface area contributed by atoms with Crippen LogP contribution in [0.1, 0.15) is 26.3 Å². The first kappa shape index (κ1) is 13.8. The van der Waals surface area contributed by atoms with Crippen molar-refractivity contribution < 1.29 is 9.84 Å². The van der Waals surface area contributed by atoms with E-state index in [-0.39, 0.29) is 0 Å². The van der Waals surface area contributed by atoms with E-state index >= 15 is 0 Å². The predicted octanol–water partition coefficient (Wildman–Crippen LogP) is 2.88. The number of phenolic OH excluding ortho intramolecular Hbond substituents is 1. The number of nitrogens with zero attached hydrogens (tertiary/aromatic N) is 1. The van der Waals surface area contributed by atoms with Gasteiger partial charge in [0.2, 0.25) is 0 Å². The van der Waals surface area contributed by atoms with Crippen molar-refractivity contribution in [3.63, 3.8) is 0 Å². The van der Waals surface area contributed by atoms with Crippen LogP contribution in [0.25, 0.3) is 0 Å². The standard InChI is InChI=1S/C14H23NO2/c1-5-15(9-11(2)3)10-12-8-13(17-4)6-7-14(12)16/h6-8,11,16H,5,9-10H2,1-4H3. The summed E-state index contributed by atoms with van der Waals surface area (Å²) in [5, 5.41) is 9.83. The van der Waals surface area contributed by atoms with E-state index in [4.69, 9.17) is 4.74 Å². The summed E-state index contributed by atoms with van der Waals surface area (Å²) >= 11 is 0. The normalized spacial score (nSPS) is 11.2. The van der Waals surface area contributed by atoms with Crippen molar-refractivity contribution in [1.82, 2.24) is 4.90 Å². The van der Waals surface area contributed by atoms with Gasteiger partial charge in [0, 0.05) is 18.7 Å². The number of hydrogen-bond acceptors (Lipinski definition) is 3. The molecule has 0 unspecified atom stereocenters. The lowest BCUT2D eigenvalue weighted by molar-refractivity contribution is 0.245.